The Bertz CT molecular complexity index is 1210. The molecule has 4 aromatic heterocycles. The highest BCUT2D eigenvalue weighted by Gasteiger charge is 2.29. The Morgan fingerprint density at radius 1 is 1.26 bits per heavy atom. The Hall–Kier alpha value is -3.47. The average Bonchev–Trinajstić information content (AvgIpc) is 3.40. The van der Waals surface area contributed by atoms with E-state index < -0.39 is 6.61 Å². The number of hydrogen-bond donors (Lipinski definition) is 2. The first kappa shape index (κ1) is 20.8. The van der Waals surface area contributed by atoms with Crippen LogP contribution in [0.5, 0.6) is 11.8 Å². The van der Waals surface area contributed by atoms with Gasteiger partial charge >= 0.3 is 6.61 Å². The van der Waals surface area contributed by atoms with E-state index in [0.29, 0.717) is 35.0 Å². The summed E-state index contributed by atoms with van der Waals surface area (Å²) in [5, 5.41) is 16.4. The lowest BCUT2D eigenvalue weighted by atomic mass is 10.0. The number of alkyl halides is 2. The zero-order valence-electron chi connectivity index (χ0n) is 17.3. The first-order chi connectivity index (χ1) is 15.0. The van der Waals surface area contributed by atoms with Gasteiger partial charge in [0.2, 0.25) is 11.8 Å². The molecule has 11 heteroatoms. The number of pyridine rings is 1. The minimum Gasteiger partial charge on any atom is -0.477 e. The molecule has 1 aliphatic heterocycles. The maximum Gasteiger partial charge on any atom is 0.388 e. The molecule has 0 amide bonds. The predicted octanol–water partition coefficient (Wildman–Crippen LogP) is 3.13. The molecule has 0 aliphatic carbocycles. The molecule has 31 heavy (non-hydrogen) atoms. The molecule has 4 aromatic rings. The molecule has 0 radical (unpaired) electrons. The van der Waals surface area contributed by atoms with Gasteiger partial charge in [-0.25, -0.2) is 9.67 Å². The molecule has 0 saturated carbocycles. The average molecular weight is 432 g/mol. The first-order valence-electron chi connectivity index (χ1n) is 9.63. The first-order valence-corrected chi connectivity index (χ1v) is 9.63. The highest BCUT2D eigenvalue weighted by atomic mass is 19.3. The van der Waals surface area contributed by atoms with Crippen molar-refractivity contribution < 1.29 is 23.4 Å². The number of nitrogens with one attached hydrogen (secondary N) is 1. The molecule has 5 rings (SSSR count). The van der Waals surface area contributed by atoms with Gasteiger partial charge in [0.1, 0.15) is 5.65 Å². The van der Waals surface area contributed by atoms with Crippen molar-refractivity contribution in [3.8, 4) is 34.1 Å². The zero-order valence-corrected chi connectivity index (χ0v) is 17.3. The van der Waals surface area contributed by atoms with E-state index in [4.69, 9.17) is 14.6 Å². The minimum absolute atomic E-state index is 0.145. The van der Waals surface area contributed by atoms with E-state index in [0.717, 1.165) is 36.7 Å². The Morgan fingerprint density at radius 2 is 2.06 bits per heavy atom. The Kier molecular flexibility index (Phi) is 5.59. The number of hydrogen-bond acceptors (Lipinski definition) is 6. The third-order valence-corrected chi connectivity index (χ3v) is 4.92. The number of aliphatic hydroxyl groups excluding tert-OH is 1. The third kappa shape index (κ3) is 3.61. The summed E-state index contributed by atoms with van der Waals surface area (Å²) in [5.41, 5.74) is 3.98. The van der Waals surface area contributed by atoms with E-state index >= 15 is 0 Å². The summed E-state index contributed by atoms with van der Waals surface area (Å²) in [6.07, 6.45) is 4.20. The standard InChI is InChI=1S/C19H18F2N6O2.CH4O/c1-10-13(18-27(24-10)7-4-8-28-18)15-14(11-5-3-6-22-16(11)23-15)12-9-26(2)25-17(12)29-19(20)21;1-2/h3,5-6,9,19H,4,7-8H2,1-2H3,(H,22,23);2H,1H3. The molecule has 0 unspecified atom stereocenters. The van der Waals surface area contributed by atoms with Crippen molar-refractivity contribution in [3.05, 3.63) is 30.2 Å². The van der Waals surface area contributed by atoms with Crippen LogP contribution in [0.1, 0.15) is 12.1 Å². The summed E-state index contributed by atoms with van der Waals surface area (Å²) >= 11 is 0. The maximum absolute atomic E-state index is 13.0. The van der Waals surface area contributed by atoms with Gasteiger partial charge in [0, 0.05) is 50.5 Å². The van der Waals surface area contributed by atoms with Crippen LogP contribution >= 0.6 is 0 Å². The normalized spacial score (nSPS) is 13.0. The van der Waals surface area contributed by atoms with Gasteiger partial charge in [-0.1, -0.05) is 0 Å². The van der Waals surface area contributed by atoms with E-state index in [1.807, 2.05) is 17.7 Å². The Balaban J connectivity index is 0.00000112. The summed E-state index contributed by atoms with van der Waals surface area (Å²) in [7, 11) is 2.66. The van der Waals surface area contributed by atoms with Crippen LogP contribution in [-0.4, -0.2) is 55.0 Å². The smallest absolute Gasteiger partial charge is 0.388 e. The molecule has 0 bridgehead atoms. The Morgan fingerprint density at radius 3 is 2.84 bits per heavy atom. The molecule has 0 fully saturated rings. The number of aliphatic hydroxyl groups is 1. The number of rotatable bonds is 4. The second-order valence-electron chi connectivity index (χ2n) is 6.87. The summed E-state index contributed by atoms with van der Waals surface area (Å²) in [5.74, 6) is 0.509. The summed E-state index contributed by atoms with van der Waals surface area (Å²) in [6, 6.07) is 3.67. The van der Waals surface area contributed by atoms with Gasteiger partial charge in [-0.2, -0.15) is 13.9 Å². The second-order valence-corrected chi connectivity index (χ2v) is 6.87. The van der Waals surface area contributed by atoms with Gasteiger partial charge < -0.3 is 19.6 Å². The Labute approximate surface area is 176 Å². The van der Waals surface area contributed by atoms with Crippen molar-refractivity contribution in [2.24, 2.45) is 7.05 Å². The lowest BCUT2D eigenvalue weighted by Gasteiger charge is -2.16. The lowest BCUT2D eigenvalue weighted by molar-refractivity contribution is -0.0527. The number of aromatic amines is 1. The molecular weight excluding hydrogens is 410 g/mol. The van der Waals surface area contributed by atoms with Crippen LogP contribution in [0.3, 0.4) is 0 Å². The van der Waals surface area contributed by atoms with Crippen LogP contribution in [0.15, 0.2) is 24.5 Å². The van der Waals surface area contributed by atoms with Crippen LogP contribution < -0.4 is 9.47 Å². The largest absolute Gasteiger partial charge is 0.477 e. The van der Waals surface area contributed by atoms with Crippen LogP contribution in [0.25, 0.3) is 33.4 Å². The second kappa shape index (κ2) is 8.34. The fraction of sp³-hybridized carbons (Fsp3) is 0.350. The maximum atomic E-state index is 13.0. The van der Waals surface area contributed by atoms with Gasteiger partial charge in [0.25, 0.3) is 0 Å². The number of aromatic nitrogens is 6. The molecule has 164 valence electrons. The number of H-pyrrole nitrogens is 1. The number of halogens is 2. The van der Waals surface area contributed by atoms with E-state index in [1.165, 1.54) is 4.68 Å². The SMILES string of the molecule is CO.Cc1nn2c(c1-c1[nH]c3ncccc3c1-c1cn(C)nc1OC(F)F)OCCC2. The quantitative estimate of drug-likeness (QED) is 0.514. The molecule has 2 N–H and O–H groups in total. The highest BCUT2D eigenvalue weighted by Crippen LogP contribution is 2.45. The summed E-state index contributed by atoms with van der Waals surface area (Å²) < 4.78 is 39.9. The molecule has 0 atom stereocenters. The topological polar surface area (TPSA) is 103 Å². The number of aryl methyl sites for hydroxylation is 3. The number of fused-ring (bicyclic) bond motifs is 2. The molecule has 0 spiro atoms. The molecule has 9 nitrogen and oxygen atoms in total. The van der Waals surface area contributed by atoms with E-state index in [9.17, 15) is 8.78 Å². The summed E-state index contributed by atoms with van der Waals surface area (Å²) in [4.78, 5) is 7.72. The molecule has 5 heterocycles. The fourth-order valence-electron chi connectivity index (χ4n) is 3.83. The summed E-state index contributed by atoms with van der Waals surface area (Å²) in [6.45, 7) is 0.270. The van der Waals surface area contributed by atoms with Crippen molar-refractivity contribution >= 4 is 11.0 Å². The van der Waals surface area contributed by atoms with Gasteiger partial charge in [-0.05, 0) is 19.1 Å². The van der Waals surface area contributed by atoms with Gasteiger partial charge in [0.15, 0.2) is 0 Å². The fourth-order valence-corrected chi connectivity index (χ4v) is 3.83. The molecular formula is C20H22F2N6O3. The highest BCUT2D eigenvalue weighted by molar-refractivity contribution is 6.04. The number of ether oxygens (including phenoxy) is 2. The van der Waals surface area contributed by atoms with Crippen molar-refractivity contribution in [2.75, 3.05) is 13.7 Å². The van der Waals surface area contributed by atoms with Crippen LogP contribution in [-0.2, 0) is 13.6 Å². The van der Waals surface area contributed by atoms with Crippen molar-refractivity contribution in [1.29, 1.82) is 0 Å². The van der Waals surface area contributed by atoms with Crippen LogP contribution in [0.4, 0.5) is 8.78 Å². The van der Waals surface area contributed by atoms with Crippen molar-refractivity contribution in [1.82, 2.24) is 29.5 Å². The monoisotopic (exact) mass is 432 g/mol. The van der Waals surface area contributed by atoms with Gasteiger partial charge in [-0.3, -0.25) is 4.68 Å². The van der Waals surface area contributed by atoms with Crippen LogP contribution in [0, 0.1) is 6.92 Å². The van der Waals surface area contributed by atoms with Crippen molar-refractivity contribution in [2.45, 2.75) is 26.5 Å². The zero-order chi connectivity index (χ0) is 22.1. The van der Waals surface area contributed by atoms with Gasteiger partial charge in [-0.15, -0.1) is 5.10 Å². The van der Waals surface area contributed by atoms with E-state index in [2.05, 4.69) is 20.2 Å². The van der Waals surface area contributed by atoms with Crippen molar-refractivity contribution in [3.63, 3.8) is 0 Å². The predicted molar refractivity (Wildman–Crippen MR) is 109 cm³/mol. The van der Waals surface area contributed by atoms with Crippen LogP contribution in [0.2, 0.25) is 0 Å². The molecule has 0 aromatic carbocycles. The van der Waals surface area contributed by atoms with E-state index in [-0.39, 0.29) is 5.88 Å². The molecule has 0 saturated heterocycles. The molecule has 1 aliphatic rings. The lowest BCUT2D eigenvalue weighted by Crippen LogP contribution is -2.15. The third-order valence-electron chi connectivity index (χ3n) is 4.92. The minimum atomic E-state index is -2.98. The van der Waals surface area contributed by atoms with Gasteiger partial charge in [0.05, 0.1) is 29.1 Å². The van der Waals surface area contributed by atoms with E-state index in [1.54, 1.807) is 25.5 Å². The number of nitrogens with zero attached hydrogens (tertiary/aromatic N) is 5.